The maximum atomic E-state index is 12.7. The maximum absolute atomic E-state index is 12.7. The first kappa shape index (κ1) is 23.3. The molecular weight excluding hydrogens is 398 g/mol. The van der Waals surface area contributed by atoms with Crippen molar-refractivity contribution >= 4 is 34.8 Å². The lowest BCUT2D eigenvalue weighted by atomic mass is 10.1. The number of anilines is 1. The molecule has 0 aliphatic heterocycles. The lowest BCUT2D eigenvalue weighted by molar-refractivity contribution is 0.0828. The van der Waals surface area contributed by atoms with Crippen LogP contribution in [0, 0.1) is 0 Å². The molecule has 0 radical (unpaired) electrons. The van der Waals surface area contributed by atoms with Crippen molar-refractivity contribution in [2.45, 2.75) is 32.6 Å². The standard InChI is InChI=1S/C23H29N3O3S/c1-4-5-6-11-16-29-20-15-10-8-13-18(20)21(27)25-23(30)24-19-14-9-7-12-17(19)22(28)26(2)3/h7-10,12-15H,4-6,11,16H2,1-3H3,(H2,24,25,27,30). The molecule has 0 aliphatic rings. The Balaban J connectivity index is 2.02. The van der Waals surface area contributed by atoms with Crippen molar-refractivity contribution in [3.63, 3.8) is 0 Å². The molecule has 2 N–H and O–H groups in total. The van der Waals surface area contributed by atoms with Crippen molar-refractivity contribution in [1.82, 2.24) is 10.2 Å². The molecule has 0 saturated carbocycles. The highest BCUT2D eigenvalue weighted by Crippen LogP contribution is 2.19. The fourth-order valence-electron chi connectivity index (χ4n) is 2.83. The van der Waals surface area contributed by atoms with E-state index in [4.69, 9.17) is 17.0 Å². The number of unbranched alkanes of at least 4 members (excludes halogenated alkanes) is 3. The van der Waals surface area contributed by atoms with Crippen molar-refractivity contribution < 1.29 is 14.3 Å². The van der Waals surface area contributed by atoms with Crippen molar-refractivity contribution in [3.05, 3.63) is 59.7 Å². The predicted molar refractivity (Wildman–Crippen MR) is 124 cm³/mol. The molecule has 2 amide bonds. The van der Waals surface area contributed by atoms with E-state index in [-0.39, 0.29) is 16.9 Å². The fourth-order valence-corrected chi connectivity index (χ4v) is 3.04. The monoisotopic (exact) mass is 427 g/mol. The highest BCUT2D eigenvalue weighted by molar-refractivity contribution is 7.80. The van der Waals surface area contributed by atoms with Crippen molar-refractivity contribution in [3.8, 4) is 5.75 Å². The van der Waals surface area contributed by atoms with E-state index in [9.17, 15) is 9.59 Å². The van der Waals surface area contributed by atoms with E-state index in [0.29, 0.717) is 29.2 Å². The molecule has 0 fully saturated rings. The summed E-state index contributed by atoms with van der Waals surface area (Å²) in [5.74, 6) is -0.000366. The second-order valence-corrected chi connectivity index (χ2v) is 7.47. The van der Waals surface area contributed by atoms with E-state index in [1.807, 2.05) is 6.07 Å². The fraction of sp³-hybridized carbons (Fsp3) is 0.348. The molecule has 160 valence electrons. The summed E-state index contributed by atoms with van der Waals surface area (Å²) in [5.41, 5.74) is 1.41. The van der Waals surface area contributed by atoms with Crippen molar-refractivity contribution in [1.29, 1.82) is 0 Å². The average molecular weight is 428 g/mol. The van der Waals surface area contributed by atoms with Gasteiger partial charge in [0.05, 0.1) is 23.4 Å². The van der Waals surface area contributed by atoms with E-state index in [0.717, 1.165) is 19.3 Å². The van der Waals surface area contributed by atoms with Crippen LogP contribution in [0.3, 0.4) is 0 Å². The van der Waals surface area contributed by atoms with E-state index < -0.39 is 0 Å². The third-order valence-corrected chi connectivity index (χ3v) is 4.63. The van der Waals surface area contributed by atoms with Crippen LogP contribution in [-0.2, 0) is 0 Å². The summed E-state index contributed by atoms with van der Waals surface area (Å²) in [6.07, 6.45) is 4.38. The molecule has 7 heteroatoms. The third-order valence-electron chi connectivity index (χ3n) is 4.43. The quantitative estimate of drug-likeness (QED) is 0.456. The number of rotatable bonds is 9. The number of carbonyl (C=O) groups excluding carboxylic acids is 2. The molecule has 6 nitrogen and oxygen atoms in total. The van der Waals surface area contributed by atoms with Crippen LogP contribution < -0.4 is 15.4 Å². The zero-order chi connectivity index (χ0) is 21.9. The normalized spacial score (nSPS) is 10.2. The summed E-state index contributed by atoms with van der Waals surface area (Å²) < 4.78 is 5.81. The molecule has 2 aromatic carbocycles. The van der Waals surface area contributed by atoms with Gasteiger partial charge in [-0.1, -0.05) is 50.5 Å². The molecule has 0 bridgehead atoms. The van der Waals surface area contributed by atoms with Gasteiger partial charge in [0.15, 0.2) is 5.11 Å². The smallest absolute Gasteiger partial charge is 0.261 e. The number of thiocarbonyl (C=S) groups is 1. The lowest BCUT2D eigenvalue weighted by Crippen LogP contribution is -2.35. The van der Waals surface area contributed by atoms with Crippen LogP contribution in [0.2, 0.25) is 0 Å². The Labute approximate surface area is 183 Å². The van der Waals surface area contributed by atoms with Gasteiger partial charge in [0.2, 0.25) is 0 Å². The number of ether oxygens (including phenoxy) is 1. The van der Waals surface area contributed by atoms with Crippen LogP contribution in [-0.4, -0.2) is 42.5 Å². The number of hydrogen-bond donors (Lipinski definition) is 2. The van der Waals surface area contributed by atoms with Crippen LogP contribution in [0.4, 0.5) is 5.69 Å². The largest absolute Gasteiger partial charge is 0.493 e. The van der Waals surface area contributed by atoms with Gasteiger partial charge in [0.25, 0.3) is 11.8 Å². The number of hydrogen-bond acceptors (Lipinski definition) is 4. The van der Waals surface area contributed by atoms with Crippen LogP contribution in [0.15, 0.2) is 48.5 Å². The van der Waals surface area contributed by atoms with Crippen LogP contribution >= 0.6 is 12.2 Å². The molecule has 2 aromatic rings. The minimum atomic E-state index is -0.368. The Morgan fingerprint density at radius 3 is 2.33 bits per heavy atom. The van der Waals surface area contributed by atoms with Crippen molar-refractivity contribution in [2.24, 2.45) is 0 Å². The van der Waals surface area contributed by atoms with E-state index in [1.54, 1.807) is 56.6 Å². The maximum Gasteiger partial charge on any atom is 0.261 e. The van der Waals surface area contributed by atoms with Gasteiger partial charge < -0.3 is 15.0 Å². The van der Waals surface area contributed by atoms with Crippen molar-refractivity contribution in [2.75, 3.05) is 26.0 Å². The second-order valence-electron chi connectivity index (χ2n) is 7.06. The van der Waals surface area contributed by atoms with E-state index >= 15 is 0 Å². The number of amides is 2. The number of carbonyl (C=O) groups is 2. The first-order valence-corrected chi connectivity index (χ1v) is 10.5. The summed E-state index contributed by atoms with van der Waals surface area (Å²) in [4.78, 5) is 26.6. The number of nitrogens with zero attached hydrogens (tertiary/aromatic N) is 1. The second kappa shape index (κ2) is 11.9. The van der Waals surface area contributed by atoms with E-state index in [2.05, 4.69) is 17.6 Å². The minimum Gasteiger partial charge on any atom is -0.493 e. The number of benzene rings is 2. The molecule has 0 atom stereocenters. The Morgan fingerprint density at radius 2 is 1.63 bits per heavy atom. The van der Waals surface area contributed by atoms with Gasteiger partial charge in [0.1, 0.15) is 5.75 Å². The highest BCUT2D eigenvalue weighted by Gasteiger charge is 2.16. The van der Waals surface area contributed by atoms with Gasteiger partial charge in [-0.3, -0.25) is 14.9 Å². The first-order chi connectivity index (χ1) is 14.4. The lowest BCUT2D eigenvalue weighted by Gasteiger charge is -2.16. The van der Waals surface area contributed by atoms with Gasteiger partial charge in [-0.25, -0.2) is 0 Å². The molecule has 0 aromatic heterocycles. The van der Waals surface area contributed by atoms with Crippen LogP contribution in [0.5, 0.6) is 5.75 Å². The highest BCUT2D eigenvalue weighted by atomic mass is 32.1. The molecule has 2 rings (SSSR count). The molecular formula is C23H29N3O3S. The summed E-state index contributed by atoms with van der Waals surface area (Å²) in [7, 11) is 3.36. The Bertz CT molecular complexity index is 884. The van der Waals surface area contributed by atoms with E-state index in [1.165, 1.54) is 11.3 Å². The minimum absolute atomic E-state index is 0.108. The summed E-state index contributed by atoms with van der Waals surface area (Å²) in [6, 6.07) is 14.1. The SMILES string of the molecule is CCCCCCOc1ccccc1C(=O)NC(=S)Nc1ccccc1C(=O)N(C)C. The summed E-state index contributed by atoms with van der Waals surface area (Å²) in [6.45, 7) is 2.72. The molecule has 30 heavy (non-hydrogen) atoms. The molecule has 0 spiro atoms. The van der Waals surface area contributed by atoms with Crippen LogP contribution in [0.25, 0.3) is 0 Å². The zero-order valence-corrected chi connectivity index (χ0v) is 18.6. The Kier molecular flexibility index (Phi) is 9.28. The predicted octanol–water partition coefficient (Wildman–Crippen LogP) is 4.47. The Hall–Kier alpha value is -2.93. The average Bonchev–Trinajstić information content (AvgIpc) is 2.73. The molecule has 0 unspecified atom stereocenters. The summed E-state index contributed by atoms with van der Waals surface area (Å²) in [5, 5.41) is 5.72. The van der Waals surface area contributed by atoms with Gasteiger partial charge in [-0.15, -0.1) is 0 Å². The van der Waals surface area contributed by atoms with Crippen LogP contribution in [0.1, 0.15) is 53.3 Å². The van der Waals surface area contributed by atoms with Gasteiger partial charge in [-0.2, -0.15) is 0 Å². The van der Waals surface area contributed by atoms with Gasteiger partial charge in [-0.05, 0) is 42.9 Å². The first-order valence-electron chi connectivity index (χ1n) is 10.1. The summed E-state index contributed by atoms with van der Waals surface area (Å²) >= 11 is 5.29. The molecule has 0 heterocycles. The zero-order valence-electron chi connectivity index (χ0n) is 17.7. The molecule has 0 saturated heterocycles. The molecule has 0 aliphatic carbocycles. The number of para-hydroxylation sites is 2. The Morgan fingerprint density at radius 1 is 0.967 bits per heavy atom. The van der Waals surface area contributed by atoms with Gasteiger partial charge >= 0.3 is 0 Å². The van der Waals surface area contributed by atoms with Gasteiger partial charge in [0, 0.05) is 14.1 Å². The third kappa shape index (κ3) is 6.84. The topological polar surface area (TPSA) is 70.7 Å². The number of nitrogens with one attached hydrogen (secondary N) is 2.